The molecule has 0 aliphatic carbocycles. The minimum absolute atomic E-state index is 0.209. The first-order valence-corrected chi connectivity index (χ1v) is 9.55. The summed E-state index contributed by atoms with van der Waals surface area (Å²) in [7, 11) is 1.49. The molecule has 0 atom stereocenters. The summed E-state index contributed by atoms with van der Waals surface area (Å²) < 4.78 is 5.12. The van der Waals surface area contributed by atoms with Gasteiger partial charge in [0.1, 0.15) is 6.54 Å². The smallest absolute Gasteiger partial charge is 0.251 e. The molecule has 0 spiro atoms. The predicted molar refractivity (Wildman–Crippen MR) is 104 cm³/mol. The molecule has 1 saturated heterocycles. The van der Waals surface area contributed by atoms with E-state index in [4.69, 9.17) is 27.9 Å². The number of nitrogens with one attached hydrogen (secondary N) is 2. The number of methoxy groups -OCH3 is 1. The van der Waals surface area contributed by atoms with Crippen LogP contribution in [0.3, 0.4) is 0 Å². The third kappa shape index (κ3) is 4.50. The maximum atomic E-state index is 12.5. The Morgan fingerprint density at radius 2 is 1.73 bits per heavy atom. The van der Waals surface area contributed by atoms with Crippen molar-refractivity contribution in [3.05, 3.63) is 63.1 Å². The Kier molecular flexibility index (Phi) is 6.41. The Balaban J connectivity index is 1.68. The third-order valence-electron chi connectivity index (χ3n) is 4.77. The number of carbonyl (C=O) groups is 1. The van der Waals surface area contributed by atoms with E-state index in [1.54, 1.807) is 17.0 Å². The van der Waals surface area contributed by atoms with Crippen molar-refractivity contribution in [2.24, 2.45) is 0 Å². The number of benzene rings is 2. The van der Waals surface area contributed by atoms with E-state index in [1.807, 2.05) is 6.07 Å². The lowest BCUT2D eigenvalue weighted by Gasteiger charge is -2.16. The summed E-state index contributed by atoms with van der Waals surface area (Å²) >= 11 is 12.2. The first-order valence-electron chi connectivity index (χ1n) is 8.80. The van der Waals surface area contributed by atoms with Gasteiger partial charge in [0.15, 0.2) is 5.75 Å². The number of carbonyl (C=O) groups excluding carboxylic acids is 1. The SMILES string of the molecule is COc1c(Cl)cc(C(=O)NCc2ccccc2C[NH+]2CCCC2)cc1Cl. The van der Waals surface area contributed by atoms with Crippen molar-refractivity contribution >= 4 is 29.1 Å². The van der Waals surface area contributed by atoms with E-state index in [9.17, 15) is 4.79 Å². The van der Waals surface area contributed by atoms with E-state index in [-0.39, 0.29) is 5.91 Å². The molecular formula is C20H23Cl2N2O2+. The van der Waals surface area contributed by atoms with E-state index >= 15 is 0 Å². The standard InChI is InChI=1S/C20H22Cl2N2O2/c1-26-19-17(21)10-16(11-18(19)22)20(25)23-12-14-6-2-3-7-15(14)13-24-8-4-5-9-24/h2-3,6-7,10-11H,4-5,8-9,12-13H2,1H3,(H,23,25)/p+1. The normalized spacial score (nSPS) is 14.4. The molecule has 1 aliphatic rings. The number of likely N-dealkylation sites (tertiary alicyclic amines) is 1. The lowest BCUT2D eigenvalue weighted by molar-refractivity contribution is -0.901. The maximum Gasteiger partial charge on any atom is 0.251 e. The Bertz CT molecular complexity index is 766. The largest absolute Gasteiger partial charge is 0.494 e. The van der Waals surface area contributed by atoms with Crippen LogP contribution in [-0.2, 0) is 13.1 Å². The highest BCUT2D eigenvalue weighted by molar-refractivity contribution is 6.37. The fraction of sp³-hybridized carbons (Fsp3) is 0.350. The lowest BCUT2D eigenvalue weighted by atomic mass is 10.1. The predicted octanol–water partition coefficient (Wildman–Crippen LogP) is 3.11. The Morgan fingerprint density at radius 1 is 1.12 bits per heavy atom. The van der Waals surface area contributed by atoms with Gasteiger partial charge in [-0.1, -0.05) is 47.5 Å². The third-order valence-corrected chi connectivity index (χ3v) is 5.33. The van der Waals surface area contributed by atoms with E-state index in [1.165, 1.54) is 38.6 Å². The average molecular weight is 394 g/mol. The minimum atomic E-state index is -0.209. The van der Waals surface area contributed by atoms with Gasteiger partial charge in [-0.05, 0) is 17.7 Å². The molecule has 1 amide bonds. The lowest BCUT2D eigenvalue weighted by Crippen LogP contribution is -3.08. The highest BCUT2D eigenvalue weighted by atomic mass is 35.5. The van der Waals surface area contributed by atoms with E-state index < -0.39 is 0 Å². The molecule has 2 N–H and O–H groups in total. The molecule has 1 fully saturated rings. The summed E-state index contributed by atoms with van der Waals surface area (Å²) in [6.07, 6.45) is 2.60. The van der Waals surface area contributed by atoms with Crippen molar-refractivity contribution < 1.29 is 14.4 Å². The number of halogens is 2. The van der Waals surface area contributed by atoms with Crippen LogP contribution in [0.15, 0.2) is 36.4 Å². The van der Waals surface area contributed by atoms with E-state index in [0.717, 1.165) is 12.1 Å². The van der Waals surface area contributed by atoms with Crippen molar-refractivity contribution in [1.82, 2.24) is 5.32 Å². The van der Waals surface area contributed by atoms with Gasteiger partial charge in [-0.2, -0.15) is 0 Å². The number of hydrogen-bond acceptors (Lipinski definition) is 2. The van der Waals surface area contributed by atoms with Crippen LogP contribution in [0.25, 0.3) is 0 Å². The van der Waals surface area contributed by atoms with Gasteiger partial charge < -0.3 is 15.0 Å². The molecule has 0 unspecified atom stereocenters. The van der Waals surface area contributed by atoms with Crippen LogP contribution in [0, 0.1) is 0 Å². The van der Waals surface area contributed by atoms with Crippen LogP contribution in [0.2, 0.25) is 10.0 Å². The monoisotopic (exact) mass is 393 g/mol. The van der Waals surface area contributed by atoms with Gasteiger partial charge >= 0.3 is 0 Å². The van der Waals surface area contributed by atoms with E-state index in [0.29, 0.717) is 27.9 Å². The molecule has 2 aromatic carbocycles. The van der Waals surface area contributed by atoms with E-state index in [2.05, 4.69) is 23.5 Å². The summed E-state index contributed by atoms with van der Waals surface area (Å²) in [6, 6.07) is 11.4. The minimum Gasteiger partial charge on any atom is -0.494 e. The average Bonchev–Trinajstić information content (AvgIpc) is 3.13. The van der Waals surface area contributed by atoms with Crippen LogP contribution >= 0.6 is 23.2 Å². The van der Waals surface area contributed by atoms with Crippen LogP contribution in [-0.4, -0.2) is 26.1 Å². The molecule has 1 heterocycles. The first-order chi connectivity index (χ1) is 12.6. The van der Waals surface area contributed by atoms with Gasteiger partial charge in [0, 0.05) is 30.5 Å². The van der Waals surface area contributed by atoms with Gasteiger partial charge in [0.05, 0.1) is 30.2 Å². The molecule has 1 aliphatic heterocycles. The Hall–Kier alpha value is -1.75. The van der Waals surface area contributed by atoms with Gasteiger partial charge in [0.2, 0.25) is 0 Å². The zero-order valence-corrected chi connectivity index (χ0v) is 16.3. The molecule has 0 saturated carbocycles. The number of ether oxygens (including phenoxy) is 1. The molecule has 0 radical (unpaired) electrons. The quantitative estimate of drug-likeness (QED) is 0.791. The van der Waals surface area contributed by atoms with Gasteiger partial charge in [-0.25, -0.2) is 0 Å². The zero-order valence-electron chi connectivity index (χ0n) is 14.8. The molecule has 26 heavy (non-hydrogen) atoms. The van der Waals surface area contributed by atoms with Crippen molar-refractivity contribution in [2.45, 2.75) is 25.9 Å². The molecule has 2 aromatic rings. The fourth-order valence-electron chi connectivity index (χ4n) is 3.39. The van der Waals surface area contributed by atoms with Crippen molar-refractivity contribution in [3.8, 4) is 5.75 Å². The van der Waals surface area contributed by atoms with Gasteiger partial charge in [0.25, 0.3) is 5.91 Å². The zero-order chi connectivity index (χ0) is 18.5. The second kappa shape index (κ2) is 8.76. The molecular weight excluding hydrogens is 371 g/mol. The molecule has 3 rings (SSSR count). The second-order valence-corrected chi connectivity index (χ2v) is 7.37. The molecule has 0 bridgehead atoms. The Labute approximate surface area is 164 Å². The topological polar surface area (TPSA) is 42.8 Å². The van der Waals surface area contributed by atoms with Crippen LogP contribution in [0.1, 0.15) is 34.3 Å². The number of amides is 1. The van der Waals surface area contributed by atoms with Crippen LogP contribution in [0.5, 0.6) is 5.75 Å². The highest BCUT2D eigenvalue weighted by Gasteiger charge is 2.18. The first kappa shape index (κ1) is 19.0. The molecule has 4 nitrogen and oxygen atoms in total. The van der Waals surface area contributed by atoms with Crippen molar-refractivity contribution in [1.29, 1.82) is 0 Å². The van der Waals surface area contributed by atoms with Crippen LogP contribution < -0.4 is 15.0 Å². The molecule has 6 heteroatoms. The fourth-order valence-corrected chi connectivity index (χ4v) is 4.03. The second-order valence-electron chi connectivity index (χ2n) is 6.56. The highest BCUT2D eigenvalue weighted by Crippen LogP contribution is 2.33. The summed E-state index contributed by atoms with van der Waals surface area (Å²) in [5, 5.41) is 3.61. The van der Waals surface area contributed by atoms with Gasteiger partial charge in [-0.15, -0.1) is 0 Å². The number of hydrogen-bond donors (Lipinski definition) is 2. The van der Waals surface area contributed by atoms with Crippen LogP contribution in [0.4, 0.5) is 0 Å². The van der Waals surface area contributed by atoms with Crippen molar-refractivity contribution in [3.63, 3.8) is 0 Å². The van der Waals surface area contributed by atoms with Crippen molar-refractivity contribution in [2.75, 3.05) is 20.2 Å². The molecule has 138 valence electrons. The maximum absolute atomic E-state index is 12.5. The summed E-state index contributed by atoms with van der Waals surface area (Å²) in [5.41, 5.74) is 2.85. The van der Waals surface area contributed by atoms with Gasteiger partial charge in [-0.3, -0.25) is 4.79 Å². The summed E-state index contributed by atoms with van der Waals surface area (Å²) in [5.74, 6) is 0.170. The Morgan fingerprint density at radius 3 is 2.35 bits per heavy atom. The summed E-state index contributed by atoms with van der Waals surface area (Å²) in [4.78, 5) is 14.1. The number of rotatable bonds is 6. The number of quaternary nitrogens is 1. The molecule has 0 aromatic heterocycles. The summed E-state index contributed by atoms with van der Waals surface area (Å²) in [6.45, 7) is 3.93.